The third kappa shape index (κ3) is 7.57. The van der Waals surface area contributed by atoms with Gasteiger partial charge in [0.15, 0.2) is 11.6 Å². The molecule has 0 N–H and O–H groups in total. The van der Waals surface area contributed by atoms with Crippen molar-refractivity contribution in [1.29, 1.82) is 0 Å². The van der Waals surface area contributed by atoms with E-state index in [-0.39, 0.29) is 23.9 Å². The maximum Gasteiger partial charge on any atom is 0.410 e. The van der Waals surface area contributed by atoms with Crippen LogP contribution in [0.2, 0.25) is 0 Å². The van der Waals surface area contributed by atoms with Gasteiger partial charge in [-0.25, -0.2) is 13.6 Å². The van der Waals surface area contributed by atoms with Crippen LogP contribution in [0.25, 0.3) is 21.9 Å². The molecular weight excluding hydrogens is 566 g/mol. The number of amides is 1. The van der Waals surface area contributed by atoms with Crippen molar-refractivity contribution >= 4 is 16.9 Å². The quantitative estimate of drug-likeness (QED) is 0.292. The van der Waals surface area contributed by atoms with Gasteiger partial charge >= 0.3 is 6.09 Å². The number of hydrogen-bond acceptors (Lipinski definition) is 6. The zero-order chi connectivity index (χ0) is 31.4. The Morgan fingerprint density at radius 2 is 1.86 bits per heavy atom. The molecule has 0 saturated carbocycles. The fraction of sp³-hybridized carbons (Fsp3) is 0.559. The average molecular weight is 611 g/mol. The van der Waals surface area contributed by atoms with E-state index >= 15 is 8.78 Å². The normalized spacial score (nSPS) is 20.2. The summed E-state index contributed by atoms with van der Waals surface area (Å²) < 4.78 is 43.7. The van der Waals surface area contributed by atoms with E-state index in [1.165, 1.54) is 6.07 Å². The van der Waals surface area contributed by atoms with Crippen molar-refractivity contribution in [2.45, 2.75) is 84.2 Å². The summed E-state index contributed by atoms with van der Waals surface area (Å²) in [6.07, 6.45) is 6.65. The number of aryl methyl sites for hydroxylation is 1. The first-order valence-electron chi connectivity index (χ1n) is 15.8. The Hall–Kier alpha value is -3.53. The summed E-state index contributed by atoms with van der Waals surface area (Å²) in [4.78, 5) is 33.3. The number of carbonyl (C=O) groups is 1. The minimum Gasteiger partial charge on any atom is -0.484 e. The maximum absolute atomic E-state index is 15.4. The van der Waals surface area contributed by atoms with Crippen molar-refractivity contribution in [3.8, 4) is 16.9 Å². The predicted octanol–water partition coefficient (Wildman–Crippen LogP) is 6.44. The fourth-order valence-electron chi connectivity index (χ4n) is 6.12. The van der Waals surface area contributed by atoms with Crippen LogP contribution in [0.1, 0.15) is 59.8 Å². The minimum absolute atomic E-state index is 0.0228. The molecule has 44 heavy (non-hydrogen) atoms. The molecule has 2 aromatic heterocycles. The van der Waals surface area contributed by atoms with Crippen molar-refractivity contribution in [2.75, 3.05) is 32.7 Å². The van der Waals surface area contributed by atoms with E-state index in [1.54, 1.807) is 46.3 Å². The number of rotatable bonds is 8. The Morgan fingerprint density at radius 1 is 1.09 bits per heavy atom. The van der Waals surface area contributed by atoms with Gasteiger partial charge in [0.05, 0.1) is 5.39 Å². The second-order valence-corrected chi connectivity index (χ2v) is 13.1. The maximum atomic E-state index is 15.4. The molecule has 0 unspecified atom stereocenters. The molecule has 1 amide bonds. The molecule has 0 spiro atoms. The van der Waals surface area contributed by atoms with Gasteiger partial charge < -0.3 is 18.9 Å². The fourth-order valence-corrected chi connectivity index (χ4v) is 6.12. The first kappa shape index (κ1) is 31.9. The summed E-state index contributed by atoms with van der Waals surface area (Å²) in [5.74, 6) is -0.163. The number of halogens is 2. The van der Waals surface area contributed by atoms with E-state index in [2.05, 4.69) is 16.8 Å². The van der Waals surface area contributed by atoms with E-state index < -0.39 is 23.7 Å². The van der Waals surface area contributed by atoms with Crippen LogP contribution in [0.3, 0.4) is 0 Å². The third-order valence-corrected chi connectivity index (χ3v) is 8.51. The van der Waals surface area contributed by atoms with Gasteiger partial charge in [-0.3, -0.25) is 14.7 Å². The molecule has 1 aromatic carbocycles. The van der Waals surface area contributed by atoms with E-state index in [4.69, 9.17) is 9.47 Å². The smallest absolute Gasteiger partial charge is 0.410 e. The molecule has 4 heterocycles. The minimum atomic E-state index is -1.25. The van der Waals surface area contributed by atoms with Crippen LogP contribution in [0, 0.1) is 11.7 Å². The van der Waals surface area contributed by atoms with Crippen LogP contribution in [0.15, 0.2) is 47.7 Å². The van der Waals surface area contributed by atoms with E-state index in [0.29, 0.717) is 54.9 Å². The molecule has 238 valence electrons. The van der Waals surface area contributed by atoms with Crippen molar-refractivity contribution in [3.63, 3.8) is 0 Å². The molecule has 2 saturated heterocycles. The number of unbranched alkanes of at least 4 members (excludes halogenated alkanes) is 1. The van der Waals surface area contributed by atoms with Gasteiger partial charge in [-0.15, -0.1) is 0 Å². The number of alkyl halides is 1. The number of carbonyl (C=O) groups excluding carboxylic acids is 1. The number of benzene rings is 1. The highest BCUT2D eigenvalue weighted by atomic mass is 19.1. The van der Waals surface area contributed by atoms with E-state index in [1.807, 2.05) is 20.8 Å². The molecule has 5 rings (SSSR count). The average Bonchev–Trinajstić information content (AvgIpc) is 2.99. The first-order chi connectivity index (χ1) is 21.0. The van der Waals surface area contributed by atoms with Crippen molar-refractivity contribution in [1.82, 2.24) is 19.4 Å². The van der Waals surface area contributed by atoms with Crippen LogP contribution >= 0.6 is 0 Å². The summed E-state index contributed by atoms with van der Waals surface area (Å²) in [5.41, 5.74) is 0.714. The third-order valence-electron chi connectivity index (χ3n) is 8.51. The van der Waals surface area contributed by atoms with Crippen LogP contribution in [0.4, 0.5) is 13.6 Å². The molecule has 3 aromatic rings. The van der Waals surface area contributed by atoms with Gasteiger partial charge in [0.2, 0.25) is 0 Å². The van der Waals surface area contributed by atoms with Gasteiger partial charge in [0, 0.05) is 63.4 Å². The zero-order valence-electron chi connectivity index (χ0n) is 26.2. The van der Waals surface area contributed by atoms with Crippen LogP contribution in [-0.2, 0) is 11.3 Å². The highest BCUT2D eigenvalue weighted by molar-refractivity contribution is 5.95. The molecule has 2 atom stereocenters. The number of pyridine rings is 2. The first-order valence-corrected chi connectivity index (χ1v) is 15.8. The van der Waals surface area contributed by atoms with Crippen LogP contribution < -0.4 is 10.3 Å². The lowest BCUT2D eigenvalue weighted by atomic mass is 9.95. The summed E-state index contributed by atoms with van der Waals surface area (Å²) in [6, 6.07) is 6.47. The monoisotopic (exact) mass is 610 g/mol. The predicted molar refractivity (Wildman–Crippen MR) is 167 cm³/mol. The zero-order valence-corrected chi connectivity index (χ0v) is 26.2. The van der Waals surface area contributed by atoms with Gasteiger partial charge in [-0.05, 0) is 81.5 Å². The summed E-state index contributed by atoms with van der Waals surface area (Å²) in [5, 5.41) is 1.19. The SMILES string of the molecule is CCCCn1cc(-c2ccc(O[C@@H]3CCN(CC4CCN(C(=O)OC(C)(C)C)CC4)C[C@H]3F)c(F)c2)c2ccncc2c1=O. The molecule has 2 aliphatic rings. The lowest BCUT2D eigenvalue weighted by Gasteiger charge is -2.39. The van der Waals surface area contributed by atoms with Crippen molar-refractivity contribution in [3.05, 3.63) is 59.0 Å². The van der Waals surface area contributed by atoms with Gasteiger partial charge in [0.25, 0.3) is 5.56 Å². The Balaban J connectivity index is 1.19. The highest BCUT2D eigenvalue weighted by Gasteiger charge is 2.34. The molecule has 2 aliphatic heterocycles. The number of aromatic nitrogens is 2. The number of likely N-dealkylation sites (tertiary alicyclic amines) is 2. The standard InChI is InChI=1S/C34H44F2N4O4/c1-5-6-14-40-21-27(25-9-13-37-19-26(25)32(40)41)24-7-8-30(28(35)18-24)43-31-12-15-38(22-29(31)36)20-23-10-16-39(17-11-23)33(42)44-34(2,3)4/h7-9,13,18-19,21,23,29,31H,5-6,10-12,14-17,20,22H2,1-4H3/t29-,31-/m1/s1. The molecule has 0 aliphatic carbocycles. The van der Waals surface area contributed by atoms with Crippen molar-refractivity contribution in [2.24, 2.45) is 5.92 Å². The number of ether oxygens (including phenoxy) is 2. The van der Waals surface area contributed by atoms with Crippen molar-refractivity contribution < 1.29 is 23.0 Å². The van der Waals surface area contributed by atoms with Gasteiger partial charge in [0.1, 0.15) is 17.9 Å². The Bertz CT molecular complexity index is 1510. The lowest BCUT2D eigenvalue weighted by Crippen LogP contribution is -2.49. The summed E-state index contributed by atoms with van der Waals surface area (Å²) >= 11 is 0. The Labute approximate surface area is 258 Å². The molecule has 0 bridgehead atoms. The van der Waals surface area contributed by atoms with Gasteiger partial charge in [-0.2, -0.15) is 0 Å². The molecule has 0 radical (unpaired) electrons. The molecule has 10 heteroatoms. The number of piperidine rings is 2. The lowest BCUT2D eigenvalue weighted by molar-refractivity contribution is 0.00383. The topological polar surface area (TPSA) is 76.9 Å². The van der Waals surface area contributed by atoms with Gasteiger partial charge in [-0.1, -0.05) is 19.4 Å². The Morgan fingerprint density at radius 3 is 2.55 bits per heavy atom. The van der Waals surface area contributed by atoms with E-state index in [0.717, 1.165) is 37.8 Å². The molecular formula is C34H44F2N4O4. The molecule has 2 fully saturated rings. The highest BCUT2D eigenvalue weighted by Crippen LogP contribution is 2.32. The van der Waals surface area contributed by atoms with Crippen LogP contribution in [0.5, 0.6) is 5.75 Å². The summed E-state index contributed by atoms with van der Waals surface area (Å²) in [6.45, 7) is 11.2. The van der Waals surface area contributed by atoms with Crippen LogP contribution in [-0.4, -0.2) is 76.0 Å². The number of fused-ring (bicyclic) bond motifs is 1. The second kappa shape index (κ2) is 13.6. The van der Waals surface area contributed by atoms with E-state index in [9.17, 15) is 9.59 Å². The number of hydrogen-bond donors (Lipinski definition) is 0. The largest absolute Gasteiger partial charge is 0.484 e. The second-order valence-electron chi connectivity index (χ2n) is 13.1. The number of nitrogens with zero attached hydrogens (tertiary/aromatic N) is 4. The Kier molecular flexibility index (Phi) is 9.87. The molecule has 8 nitrogen and oxygen atoms in total. The summed E-state index contributed by atoms with van der Waals surface area (Å²) in [7, 11) is 0.